The molecule has 8 heavy (non-hydrogen) atoms. The van der Waals surface area contributed by atoms with Crippen LogP contribution in [0.15, 0.2) is 12.2 Å². The molecule has 0 N–H and O–H groups in total. The van der Waals surface area contributed by atoms with E-state index < -0.39 is 0 Å². The summed E-state index contributed by atoms with van der Waals surface area (Å²) in [4.78, 5) is 0. The molecule has 0 radical (unpaired) electrons. The SMILES string of the molecule is C=C(C)C[CH2][In+2].[Br-].[Br-]. The van der Waals surface area contributed by atoms with Gasteiger partial charge in [0.1, 0.15) is 0 Å². The number of hydrogen-bond acceptors (Lipinski definition) is 0. The first kappa shape index (κ1) is 16.3. The molecule has 0 amide bonds. The van der Waals surface area contributed by atoms with Crippen LogP contribution in [0.1, 0.15) is 13.3 Å². The molecule has 0 aromatic carbocycles. The van der Waals surface area contributed by atoms with E-state index in [1.807, 2.05) is 0 Å². The molecule has 0 spiro atoms. The van der Waals surface area contributed by atoms with Gasteiger partial charge >= 0.3 is 54.0 Å². The molecule has 0 rings (SSSR count). The largest absolute Gasteiger partial charge is 1.00 e. The van der Waals surface area contributed by atoms with Crippen LogP contribution in [0.5, 0.6) is 0 Å². The number of allylic oxidation sites excluding steroid dienone is 1. The van der Waals surface area contributed by atoms with E-state index in [2.05, 4.69) is 13.5 Å². The summed E-state index contributed by atoms with van der Waals surface area (Å²) in [5.74, 6) is 0. The third kappa shape index (κ3) is 15.6. The summed E-state index contributed by atoms with van der Waals surface area (Å²) in [7, 11) is 0. The van der Waals surface area contributed by atoms with Gasteiger partial charge in [0.15, 0.2) is 0 Å². The second-order valence-electron chi connectivity index (χ2n) is 1.50. The van der Waals surface area contributed by atoms with E-state index >= 15 is 0 Å². The third-order valence-electron chi connectivity index (χ3n) is 0.571. The van der Waals surface area contributed by atoms with Gasteiger partial charge in [0, 0.05) is 0 Å². The van der Waals surface area contributed by atoms with Crippen molar-refractivity contribution in [2.24, 2.45) is 0 Å². The quantitative estimate of drug-likeness (QED) is 0.444. The van der Waals surface area contributed by atoms with Crippen LogP contribution < -0.4 is 34.0 Å². The summed E-state index contributed by atoms with van der Waals surface area (Å²) in [6, 6.07) is 0. The van der Waals surface area contributed by atoms with E-state index in [9.17, 15) is 0 Å². The predicted molar refractivity (Wildman–Crippen MR) is 30.0 cm³/mol. The Hall–Kier alpha value is 1.57. The van der Waals surface area contributed by atoms with Crippen LogP contribution in [-0.2, 0) is 0 Å². The molecule has 0 nitrogen and oxygen atoms in total. The van der Waals surface area contributed by atoms with Crippen molar-refractivity contribution in [2.75, 3.05) is 0 Å². The van der Waals surface area contributed by atoms with Crippen LogP contribution in [0.25, 0.3) is 0 Å². The summed E-state index contributed by atoms with van der Waals surface area (Å²) in [6.45, 7) is 5.85. The molecule has 0 aliphatic carbocycles. The fourth-order valence-corrected chi connectivity index (χ4v) is 1.65. The van der Waals surface area contributed by atoms with Gasteiger partial charge in [-0.1, -0.05) is 0 Å². The summed E-state index contributed by atoms with van der Waals surface area (Å²) < 4.78 is 1.36. The fourth-order valence-electron chi connectivity index (χ4n) is 0.246. The molecule has 0 atom stereocenters. The summed E-state index contributed by atoms with van der Waals surface area (Å²) in [5.41, 5.74) is 1.32. The van der Waals surface area contributed by atoms with Crippen molar-refractivity contribution in [3.8, 4) is 0 Å². The van der Waals surface area contributed by atoms with Crippen LogP contribution >= 0.6 is 0 Å². The summed E-state index contributed by atoms with van der Waals surface area (Å²) in [5, 5.41) is 0. The predicted octanol–water partition coefficient (Wildman–Crippen LogP) is -4.45. The Morgan fingerprint density at radius 3 is 1.88 bits per heavy atom. The van der Waals surface area contributed by atoms with Crippen molar-refractivity contribution in [3.63, 3.8) is 0 Å². The topological polar surface area (TPSA) is 0 Å². The van der Waals surface area contributed by atoms with E-state index in [0.29, 0.717) is 0 Å². The van der Waals surface area contributed by atoms with Crippen LogP contribution in [0.4, 0.5) is 0 Å². The van der Waals surface area contributed by atoms with Crippen molar-refractivity contribution in [2.45, 2.75) is 17.5 Å². The smallest absolute Gasteiger partial charge is 1.00 e. The Morgan fingerprint density at radius 2 is 1.88 bits per heavy atom. The minimum absolute atomic E-state index is 0. The Kier molecular flexibility index (Phi) is 23.2. The zero-order valence-electron chi connectivity index (χ0n) is 4.95. The van der Waals surface area contributed by atoms with Gasteiger partial charge in [0.05, 0.1) is 0 Å². The molecule has 0 heterocycles. The van der Waals surface area contributed by atoms with Gasteiger partial charge in [-0.3, -0.25) is 0 Å². The first-order chi connectivity index (χ1) is 2.77. The Balaban J connectivity index is -0.000000125. The maximum Gasteiger partial charge on any atom is -1.00 e. The minimum atomic E-state index is 0. The number of hydrogen-bond donors (Lipinski definition) is 0. The Bertz CT molecular complexity index is 54.4. The zero-order valence-corrected chi connectivity index (χ0v) is 11.4. The molecular weight excluding hydrogens is 335 g/mol. The van der Waals surface area contributed by atoms with Gasteiger partial charge in [0.25, 0.3) is 0 Å². The third-order valence-corrected chi connectivity index (χ3v) is 1.40. The van der Waals surface area contributed by atoms with Gasteiger partial charge in [0.2, 0.25) is 0 Å². The van der Waals surface area contributed by atoms with E-state index in [1.54, 1.807) is 0 Å². The molecule has 0 unspecified atom stereocenters. The summed E-state index contributed by atoms with van der Waals surface area (Å²) >= 11 is 1.38. The molecule has 0 saturated heterocycles. The van der Waals surface area contributed by atoms with Gasteiger partial charge in [-0.15, -0.1) is 0 Å². The Labute approximate surface area is 87.2 Å². The average Bonchev–Trinajstić information content (AvgIpc) is 1.35. The van der Waals surface area contributed by atoms with Crippen LogP contribution in [-0.4, -0.2) is 24.4 Å². The average molecular weight is 344 g/mol. The first-order valence-electron chi connectivity index (χ1n) is 2.12. The molecule has 0 aromatic rings. The van der Waals surface area contributed by atoms with Crippen LogP contribution in [0.3, 0.4) is 0 Å². The molecule has 0 saturated carbocycles. The standard InChI is InChI=1S/C5H9.2BrH.In/c1-4-5(2)3;;;/h1-2,4H2,3H3;2*1H;/q;;;+2/p-2. The monoisotopic (exact) mass is 342 g/mol. The van der Waals surface area contributed by atoms with Crippen molar-refractivity contribution >= 4 is 24.4 Å². The second kappa shape index (κ2) is 11.4. The number of halogens is 2. The van der Waals surface area contributed by atoms with Gasteiger partial charge in [-0.25, -0.2) is 0 Å². The fraction of sp³-hybridized carbons (Fsp3) is 0.600. The normalized spacial score (nSPS) is 6.38. The molecule has 0 aromatic heterocycles. The van der Waals surface area contributed by atoms with Gasteiger partial charge in [-0.2, -0.15) is 0 Å². The molecular formula is C5H9Br2In. The first-order valence-corrected chi connectivity index (χ1v) is 4.45. The maximum atomic E-state index is 3.77. The molecule has 0 bridgehead atoms. The van der Waals surface area contributed by atoms with Gasteiger partial charge in [-0.05, 0) is 0 Å². The maximum absolute atomic E-state index is 3.77. The van der Waals surface area contributed by atoms with Crippen molar-refractivity contribution in [1.29, 1.82) is 0 Å². The molecule has 46 valence electrons. The number of rotatable bonds is 2. The van der Waals surface area contributed by atoms with E-state index in [-0.39, 0.29) is 34.0 Å². The molecule has 0 aliphatic heterocycles. The second-order valence-corrected chi connectivity index (χ2v) is 3.14. The van der Waals surface area contributed by atoms with Crippen LogP contribution in [0.2, 0.25) is 4.18 Å². The van der Waals surface area contributed by atoms with Crippen molar-refractivity contribution in [3.05, 3.63) is 12.2 Å². The van der Waals surface area contributed by atoms with Crippen molar-refractivity contribution in [1.82, 2.24) is 0 Å². The summed E-state index contributed by atoms with van der Waals surface area (Å²) in [6.07, 6.45) is 1.24. The van der Waals surface area contributed by atoms with Gasteiger partial charge < -0.3 is 34.0 Å². The molecule has 3 heteroatoms. The minimum Gasteiger partial charge on any atom is -1.00 e. The van der Waals surface area contributed by atoms with E-state index in [4.69, 9.17) is 0 Å². The van der Waals surface area contributed by atoms with Crippen molar-refractivity contribution < 1.29 is 34.0 Å². The van der Waals surface area contributed by atoms with Crippen LogP contribution in [0, 0.1) is 0 Å². The Morgan fingerprint density at radius 1 is 1.50 bits per heavy atom. The van der Waals surface area contributed by atoms with E-state index in [1.165, 1.54) is 40.5 Å². The molecule has 0 aliphatic rings. The zero-order chi connectivity index (χ0) is 4.99. The molecule has 0 fully saturated rings. The van der Waals surface area contributed by atoms with E-state index in [0.717, 1.165) is 0 Å².